The average Bonchev–Trinajstić information content (AvgIpc) is 3.09. The number of ketones is 1. The first kappa shape index (κ1) is 19.7. The first-order chi connectivity index (χ1) is 12.8. The minimum Gasteiger partial charge on any atom is -0.465 e. The SMILES string of the molecule is COC(=O)/C(=C/[C@H]1O[C@@H]2OC(C)(C)O[C@@H]2[C@H]1OCc1ccccc1)C(C)=O. The van der Waals surface area contributed by atoms with Crippen molar-refractivity contribution in [2.45, 2.75) is 57.8 Å². The van der Waals surface area contributed by atoms with Crippen molar-refractivity contribution in [2.24, 2.45) is 0 Å². The van der Waals surface area contributed by atoms with Crippen molar-refractivity contribution in [3.05, 3.63) is 47.5 Å². The van der Waals surface area contributed by atoms with E-state index in [1.54, 1.807) is 13.8 Å². The number of Topliss-reactive ketones (excluding diaryl/α,β-unsaturated/α-hetero) is 1. The van der Waals surface area contributed by atoms with Crippen molar-refractivity contribution in [3.63, 3.8) is 0 Å². The highest BCUT2D eigenvalue weighted by atomic mass is 16.8. The molecular weight excluding hydrogens is 352 g/mol. The van der Waals surface area contributed by atoms with Gasteiger partial charge in [0, 0.05) is 0 Å². The molecule has 2 saturated heterocycles. The summed E-state index contributed by atoms with van der Waals surface area (Å²) in [6, 6.07) is 9.67. The Kier molecular flexibility index (Phi) is 5.76. The molecule has 2 aliphatic rings. The van der Waals surface area contributed by atoms with Gasteiger partial charge in [0.05, 0.1) is 13.7 Å². The number of carbonyl (C=O) groups excluding carboxylic acids is 2. The third-order valence-corrected chi connectivity index (χ3v) is 4.43. The van der Waals surface area contributed by atoms with Gasteiger partial charge in [-0.1, -0.05) is 30.3 Å². The summed E-state index contributed by atoms with van der Waals surface area (Å²) in [6.07, 6.45) is -0.917. The number of carbonyl (C=O) groups is 2. The van der Waals surface area contributed by atoms with E-state index in [0.717, 1.165) is 5.56 Å². The normalized spacial score (nSPS) is 29.4. The molecule has 27 heavy (non-hydrogen) atoms. The maximum Gasteiger partial charge on any atom is 0.341 e. The molecule has 0 spiro atoms. The first-order valence-electron chi connectivity index (χ1n) is 8.78. The molecule has 7 nitrogen and oxygen atoms in total. The largest absolute Gasteiger partial charge is 0.465 e. The van der Waals surface area contributed by atoms with Gasteiger partial charge in [-0.2, -0.15) is 0 Å². The summed E-state index contributed by atoms with van der Waals surface area (Å²) in [7, 11) is 1.22. The van der Waals surface area contributed by atoms with Gasteiger partial charge >= 0.3 is 5.97 Å². The fraction of sp³-hybridized carbons (Fsp3) is 0.500. The third kappa shape index (κ3) is 4.44. The number of methoxy groups -OCH3 is 1. The maximum atomic E-state index is 11.9. The molecule has 0 aromatic heterocycles. The molecule has 0 unspecified atom stereocenters. The lowest BCUT2D eigenvalue weighted by molar-refractivity contribution is -0.213. The van der Waals surface area contributed by atoms with Crippen LogP contribution in [-0.2, 0) is 39.9 Å². The standard InChI is InChI=1S/C20H24O7/c1-12(21)14(18(22)23-4)10-15-16(24-11-13-8-6-5-7-9-13)17-19(25-15)27-20(2,3)26-17/h5-10,15-17,19H,11H2,1-4H3/b14-10+/t15-,16+,17-,19-/m1/s1. The highest BCUT2D eigenvalue weighted by molar-refractivity contribution is 6.16. The van der Waals surface area contributed by atoms with Gasteiger partial charge in [0.2, 0.25) is 0 Å². The van der Waals surface area contributed by atoms with Crippen molar-refractivity contribution >= 4 is 11.8 Å². The second-order valence-corrected chi connectivity index (χ2v) is 6.96. The quantitative estimate of drug-likeness (QED) is 0.326. The van der Waals surface area contributed by atoms with Crippen LogP contribution in [0.25, 0.3) is 0 Å². The molecule has 146 valence electrons. The van der Waals surface area contributed by atoms with E-state index in [0.29, 0.717) is 6.61 Å². The highest BCUT2D eigenvalue weighted by Crippen LogP contribution is 2.39. The van der Waals surface area contributed by atoms with Gasteiger partial charge in [0.25, 0.3) is 0 Å². The van der Waals surface area contributed by atoms with Crippen LogP contribution in [-0.4, -0.2) is 49.3 Å². The van der Waals surface area contributed by atoms with Crippen molar-refractivity contribution in [1.82, 2.24) is 0 Å². The summed E-state index contributed by atoms with van der Waals surface area (Å²) in [6.45, 7) is 5.22. The minimum atomic E-state index is -0.801. The number of fused-ring (bicyclic) bond motifs is 1. The lowest BCUT2D eigenvalue weighted by atomic mass is 10.1. The van der Waals surface area contributed by atoms with Gasteiger partial charge in [0.1, 0.15) is 23.9 Å². The summed E-state index contributed by atoms with van der Waals surface area (Å²) < 4.78 is 28.3. The zero-order chi connectivity index (χ0) is 19.6. The van der Waals surface area contributed by atoms with Crippen LogP contribution in [0, 0.1) is 0 Å². The van der Waals surface area contributed by atoms with Crippen molar-refractivity contribution < 1.29 is 33.3 Å². The van der Waals surface area contributed by atoms with Crippen LogP contribution in [0.1, 0.15) is 26.3 Å². The van der Waals surface area contributed by atoms with Crippen LogP contribution in [0.3, 0.4) is 0 Å². The molecule has 2 fully saturated rings. The van der Waals surface area contributed by atoms with E-state index >= 15 is 0 Å². The Morgan fingerprint density at radius 1 is 1.19 bits per heavy atom. The van der Waals surface area contributed by atoms with Gasteiger partial charge < -0.3 is 23.7 Å². The summed E-state index contributed by atoms with van der Waals surface area (Å²) in [5.41, 5.74) is 0.900. The van der Waals surface area contributed by atoms with E-state index < -0.39 is 42.1 Å². The molecule has 3 rings (SSSR count). The van der Waals surface area contributed by atoms with Gasteiger partial charge in [-0.3, -0.25) is 4.79 Å². The van der Waals surface area contributed by atoms with Crippen molar-refractivity contribution in [1.29, 1.82) is 0 Å². The number of ether oxygens (including phenoxy) is 5. The fourth-order valence-corrected chi connectivity index (χ4v) is 3.20. The van der Waals surface area contributed by atoms with Crippen LogP contribution in [0.4, 0.5) is 0 Å². The smallest absolute Gasteiger partial charge is 0.341 e. The zero-order valence-electron chi connectivity index (χ0n) is 15.8. The van der Waals surface area contributed by atoms with Crippen molar-refractivity contribution in [3.8, 4) is 0 Å². The summed E-state index contributed by atoms with van der Waals surface area (Å²) in [5, 5.41) is 0. The first-order valence-corrected chi connectivity index (χ1v) is 8.78. The maximum absolute atomic E-state index is 11.9. The number of hydrogen-bond acceptors (Lipinski definition) is 7. The number of benzene rings is 1. The second kappa shape index (κ2) is 7.90. The van der Waals surface area contributed by atoms with Crippen LogP contribution in [0.2, 0.25) is 0 Å². The minimum absolute atomic E-state index is 0.0879. The molecule has 7 heteroatoms. The molecular formula is C20H24O7. The molecule has 4 atom stereocenters. The van der Waals surface area contributed by atoms with Gasteiger partial charge in [-0.15, -0.1) is 0 Å². The summed E-state index contributed by atoms with van der Waals surface area (Å²) in [4.78, 5) is 23.7. The van der Waals surface area contributed by atoms with Crippen LogP contribution in [0.5, 0.6) is 0 Å². The predicted octanol–water partition coefficient (Wildman–Crippen LogP) is 2.14. The average molecular weight is 376 g/mol. The van der Waals surface area contributed by atoms with E-state index in [1.165, 1.54) is 20.1 Å². The fourth-order valence-electron chi connectivity index (χ4n) is 3.20. The molecule has 1 aromatic rings. The van der Waals surface area contributed by atoms with E-state index in [9.17, 15) is 9.59 Å². The van der Waals surface area contributed by atoms with Crippen LogP contribution >= 0.6 is 0 Å². The lowest BCUT2D eigenvalue weighted by Crippen LogP contribution is -2.36. The third-order valence-electron chi connectivity index (χ3n) is 4.43. The van der Waals surface area contributed by atoms with Crippen molar-refractivity contribution in [2.75, 3.05) is 7.11 Å². The Hall–Kier alpha value is -2.06. The van der Waals surface area contributed by atoms with E-state index in [4.69, 9.17) is 18.9 Å². The van der Waals surface area contributed by atoms with Gasteiger partial charge in [-0.05, 0) is 32.4 Å². The van der Waals surface area contributed by atoms with Gasteiger partial charge in [-0.25, -0.2) is 4.79 Å². The van der Waals surface area contributed by atoms with E-state index in [1.807, 2.05) is 30.3 Å². The zero-order valence-corrected chi connectivity index (χ0v) is 15.8. The van der Waals surface area contributed by atoms with E-state index in [2.05, 4.69) is 4.74 Å². The summed E-state index contributed by atoms with van der Waals surface area (Å²) in [5.74, 6) is -1.93. The molecule has 0 saturated carbocycles. The molecule has 2 heterocycles. The van der Waals surface area contributed by atoms with Gasteiger partial charge in [0.15, 0.2) is 17.9 Å². The molecule has 0 aliphatic carbocycles. The van der Waals surface area contributed by atoms with Crippen LogP contribution < -0.4 is 0 Å². The lowest BCUT2D eigenvalue weighted by Gasteiger charge is -2.25. The Labute approximate surface area is 158 Å². The number of rotatable bonds is 6. The second-order valence-electron chi connectivity index (χ2n) is 6.96. The molecule has 0 N–H and O–H groups in total. The molecule has 0 amide bonds. The van der Waals surface area contributed by atoms with E-state index in [-0.39, 0.29) is 5.57 Å². The predicted molar refractivity (Wildman–Crippen MR) is 94.5 cm³/mol. The molecule has 0 bridgehead atoms. The number of hydrogen-bond donors (Lipinski definition) is 0. The Morgan fingerprint density at radius 3 is 2.52 bits per heavy atom. The molecule has 1 aromatic carbocycles. The highest BCUT2D eigenvalue weighted by Gasteiger charge is 2.55. The molecule has 0 radical (unpaired) electrons. The Balaban J connectivity index is 1.83. The van der Waals surface area contributed by atoms with Crippen LogP contribution in [0.15, 0.2) is 42.0 Å². The molecule has 2 aliphatic heterocycles. The summed E-state index contributed by atoms with van der Waals surface area (Å²) >= 11 is 0. The monoisotopic (exact) mass is 376 g/mol. The number of esters is 1. The Bertz CT molecular complexity index is 725. The topological polar surface area (TPSA) is 80.3 Å². The Morgan fingerprint density at radius 2 is 1.89 bits per heavy atom.